The summed E-state index contributed by atoms with van der Waals surface area (Å²) in [4.78, 5) is 0.161. The van der Waals surface area contributed by atoms with Crippen LogP contribution in [0, 0.1) is 0 Å². The molecule has 3 fully saturated rings. The molecule has 0 saturated carbocycles. The number of halogens is 1. The summed E-state index contributed by atoms with van der Waals surface area (Å²) >= 11 is 3.32. The molecule has 3 aliphatic heterocycles. The Labute approximate surface area is 185 Å². The van der Waals surface area contributed by atoms with Crippen LogP contribution in [0.5, 0.6) is 0 Å². The molecule has 1 unspecified atom stereocenters. The lowest BCUT2D eigenvalue weighted by atomic mass is 9.97. The Bertz CT molecular complexity index is 898. The average Bonchev–Trinajstić information content (AvgIpc) is 3.13. The van der Waals surface area contributed by atoms with Gasteiger partial charge in [-0.2, -0.15) is 0 Å². The molecule has 0 N–H and O–H groups in total. The van der Waals surface area contributed by atoms with Crippen molar-refractivity contribution >= 4 is 25.8 Å². The number of fused-ring (bicyclic) bond motifs is 1. The lowest BCUT2D eigenvalue weighted by Gasteiger charge is -2.44. The molecule has 0 aliphatic carbocycles. The molecule has 1 spiro atoms. The number of sulfone groups is 1. The first-order valence-electron chi connectivity index (χ1n) is 9.82. The van der Waals surface area contributed by atoms with E-state index in [1.807, 2.05) is 0 Å². The molecule has 3 aliphatic rings. The molecule has 30 heavy (non-hydrogen) atoms. The molecule has 0 amide bonds. The van der Waals surface area contributed by atoms with Crippen LogP contribution in [0.25, 0.3) is 0 Å². The van der Waals surface area contributed by atoms with Gasteiger partial charge in [0.05, 0.1) is 11.5 Å². The van der Waals surface area contributed by atoms with Crippen molar-refractivity contribution < 1.29 is 36.8 Å². The highest BCUT2D eigenvalue weighted by Gasteiger charge is 2.64. The van der Waals surface area contributed by atoms with Crippen molar-refractivity contribution in [3.8, 4) is 0 Å². The minimum atomic E-state index is -3.78. The fourth-order valence-corrected chi connectivity index (χ4v) is 5.47. The first kappa shape index (κ1) is 22.6. The lowest BCUT2D eigenvalue weighted by molar-refractivity contribution is -0.335. The summed E-state index contributed by atoms with van der Waals surface area (Å²) in [5.41, 5.74) is -1.18. The van der Waals surface area contributed by atoms with Crippen LogP contribution < -0.4 is 0 Å². The fraction of sp³-hybridized carbons (Fsp3) is 0.700. The number of hydrogen-bond acceptors (Lipinski definition) is 8. The van der Waals surface area contributed by atoms with Gasteiger partial charge in [-0.05, 0) is 58.9 Å². The predicted octanol–water partition coefficient (Wildman–Crippen LogP) is 2.98. The van der Waals surface area contributed by atoms with Crippen LogP contribution in [0.15, 0.2) is 33.6 Å². The van der Waals surface area contributed by atoms with Gasteiger partial charge in [-0.1, -0.05) is 15.9 Å². The smallest absolute Gasteiger partial charge is 0.224 e. The van der Waals surface area contributed by atoms with Gasteiger partial charge in [0.15, 0.2) is 17.0 Å². The fourth-order valence-electron chi connectivity index (χ4n) is 4.04. The van der Waals surface area contributed by atoms with Crippen molar-refractivity contribution in [3.63, 3.8) is 0 Å². The highest BCUT2D eigenvalue weighted by Crippen LogP contribution is 2.45. The maximum atomic E-state index is 13.1. The summed E-state index contributed by atoms with van der Waals surface area (Å²) in [7, 11) is -3.78. The van der Waals surface area contributed by atoms with E-state index in [2.05, 4.69) is 15.9 Å². The van der Waals surface area contributed by atoms with E-state index < -0.39 is 50.9 Å². The standard InChI is InChI=1S/C20H27BrO8S/c1-12(30(22,23)14-8-6-13(21)7-9-14)26-17-16-15(27-19(4,5)28-16)10-24-20(17)11-25-18(2,3)29-20/h6-9,12,15-17H,10-11H2,1-5H3/t12?,15-,16-,17+,20+/m0/s1. The van der Waals surface area contributed by atoms with Crippen LogP contribution in [0.3, 0.4) is 0 Å². The Hall–Kier alpha value is -0.590. The summed E-state index contributed by atoms with van der Waals surface area (Å²) in [6, 6.07) is 6.42. The molecule has 1 aromatic carbocycles. The van der Waals surface area contributed by atoms with Gasteiger partial charge < -0.3 is 28.4 Å². The number of benzene rings is 1. The highest BCUT2D eigenvalue weighted by atomic mass is 79.9. The van der Waals surface area contributed by atoms with Crippen molar-refractivity contribution in [2.24, 2.45) is 0 Å². The first-order valence-corrected chi connectivity index (χ1v) is 12.2. The van der Waals surface area contributed by atoms with Crippen molar-refractivity contribution in [3.05, 3.63) is 28.7 Å². The second-order valence-electron chi connectivity index (χ2n) is 8.68. The minimum absolute atomic E-state index is 0.0860. The molecular formula is C20H27BrO8S. The van der Waals surface area contributed by atoms with E-state index in [1.54, 1.807) is 39.8 Å². The van der Waals surface area contributed by atoms with E-state index in [0.717, 1.165) is 4.47 Å². The molecule has 10 heteroatoms. The highest BCUT2D eigenvalue weighted by molar-refractivity contribution is 9.10. The zero-order valence-corrected chi connectivity index (χ0v) is 20.0. The Morgan fingerprint density at radius 2 is 1.73 bits per heavy atom. The summed E-state index contributed by atoms with van der Waals surface area (Å²) in [6.45, 7) is 8.94. The van der Waals surface area contributed by atoms with E-state index in [-0.39, 0.29) is 18.1 Å². The monoisotopic (exact) mass is 506 g/mol. The van der Waals surface area contributed by atoms with Gasteiger partial charge in [0.1, 0.15) is 24.9 Å². The maximum Gasteiger partial charge on any atom is 0.224 e. The summed E-state index contributed by atoms with van der Waals surface area (Å²) < 4.78 is 63.1. The minimum Gasteiger partial charge on any atom is -0.350 e. The maximum absolute atomic E-state index is 13.1. The van der Waals surface area contributed by atoms with Crippen LogP contribution in [0.2, 0.25) is 0 Å². The second-order valence-corrected chi connectivity index (χ2v) is 11.8. The number of rotatable bonds is 4. The van der Waals surface area contributed by atoms with E-state index in [0.29, 0.717) is 0 Å². The Morgan fingerprint density at radius 3 is 2.33 bits per heavy atom. The predicted molar refractivity (Wildman–Crippen MR) is 109 cm³/mol. The first-order chi connectivity index (χ1) is 13.8. The summed E-state index contributed by atoms with van der Waals surface area (Å²) in [5, 5.41) is 0. The molecule has 0 bridgehead atoms. The SMILES string of the molecule is CC(O[C@@H]1[C@H]2OC(C)(C)O[C@H]2CO[C@@]12COC(C)(C)O2)S(=O)(=O)c1ccc(Br)cc1. The number of hydrogen-bond donors (Lipinski definition) is 0. The molecule has 4 rings (SSSR count). The third-order valence-electron chi connectivity index (χ3n) is 5.40. The molecule has 5 atom stereocenters. The zero-order chi connectivity index (χ0) is 21.9. The van der Waals surface area contributed by atoms with Crippen molar-refractivity contribution in [1.82, 2.24) is 0 Å². The third kappa shape index (κ3) is 4.09. The quantitative estimate of drug-likeness (QED) is 0.615. The van der Waals surface area contributed by atoms with Gasteiger partial charge in [-0.25, -0.2) is 8.42 Å². The van der Waals surface area contributed by atoms with Crippen LogP contribution in [-0.2, 0) is 38.3 Å². The number of ether oxygens (including phenoxy) is 6. The molecule has 0 aromatic heterocycles. The van der Waals surface area contributed by atoms with Gasteiger partial charge in [-0.3, -0.25) is 0 Å². The largest absolute Gasteiger partial charge is 0.350 e. The van der Waals surface area contributed by atoms with Gasteiger partial charge in [0.2, 0.25) is 15.6 Å². The lowest BCUT2D eigenvalue weighted by Crippen LogP contribution is -2.63. The summed E-state index contributed by atoms with van der Waals surface area (Å²) in [5.74, 6) is -3.05. The van der Waals surface area contributed by atoms with E-state index >= 15 is 0 Å². The topological polar surface area (TPSA) is 89.5 Å². The second kappa shape index (κ2) is 7.48. The van der Waals surface area contributed by atoms with Gasteiger partial charge in [0, 0.05) is 4.47 Å². The third-order valence-corrected chi connectivity index (χ3v) is 7.85. The normalized spacial score (nSPS) is 36.0. The molecule has 1 aromatic rings. The average molecular weight is 507 g/mol. The van der Waals surface area contributed by atoms with E-state index in [1.165, 1.54) is 19.1 Å². The molecule has 3 saturated heterocycles. The van der Waals surface area contributed by atoms with Gasteiger partial charge in [-0.15, -0.1) is 0 Å². The molecule has 0 radical (unpaired) electrons. The van der Waals surface area contributed by atoms with Crippen molar-refractivity contribution in [2.75, 3.05) is 13.2 Å². The Kier molecular flexibility index (Phi) is 5.64. The Balaban J connectivity index is 1.64. The zero-order valence-electron chi connectivity index (χ0n) is 17.6. The van der Waals surface area contributed by atoms with Crippen LogP contribution in [0.4, 0.5) is 0 Å². The molecule has 8 nitrogen and oxygen atoms in total. The van der Waals surface area contributed by atoms with E-state index in [4.69, 9.17) is 28.4 Å². The van der Waals surface area contributed by atoms with Gasteiger partial charge >= 0.3 is 0 Å². The van der Waals surface area contributed by atoms with Gasteiger partial charge in [0.25, 0.3) is 0 Å². The van der Waals surface area contributed by atoms with Crippen molar-refractivity contribution in [2.45, 2.75) is 80.6 Å². The Morgan fingerprint density at radius 1 is 1.07 bits per heavy atom. The molecule has 168 valence electrons. The van der Waals surface area contributed by atoms with Crippen LogP contribution >= 0.6 is 15.9 Å². The van der Waals surface area contributed by atoms with Crippen molar-refractivity contribution in [1.29, 1.82) is 0 Å². The van der Waals surface area contributed by atoms with Crippen LogP contribution in [-0.4, -0.2) is 62.7 Å². The van der Waals surface area contributed by atoms with Crippen LogP contribution in [0.1, 0.15) is 34.6 Å². The summed E-state index contributed by atoms with van der Waals surface area (Å²) in [6.07, 6.45) is -1.86. The molecule has 3 heterocycles. The van der Waals surface area contributed by atoms with E-state index in [9.17, 15) is 8.42 Å². The molecular weight excluding hydrogens is 480 g/mol.